The van der Waals surface area contributed by atoms with Crippen molar-refractivity contribution < 1.29 is 4.79 Å². The number of carbonyl (C=O) groups is 1. The maximum absolute atomic E-state index is 11.9. The van der Waals surface area contributed by atoms with E-state index in [4.69, 9.17) is 0 Å². The zero-order chi connectivity index (χ0) is 16.8. The SMILES string of the molecule is O=C(CSCc1cc(=O)n2ccsc2n1)NCCc1ccccc1. The van der Waals surface area contributed by atoms with Crippen molar-refractivity contribution in [3.8, 4) is 0 Å². The lowest BCUT2D eigenvalue weighted by atomic mass is 10.1. The predicted octanol–water partition coefficient (Wildman–Crippen LogP) is 2.35. The molecule has 0 aliphatic carbocycles. The molecule has 3 aromatic rings. The van der Waals surface area contributed by atoms with E-state index in [-0.39, 0.29) is 11.5 Å². The Morgan fingerprint density at radius 1 is 1.29 bits per heavy atom. The fourth-order valence-electron chi connectivity index (χ4n) is 2.25. The molecule has 0 atom stereocenters. The number of hydrogen-bond acceptors (Lipinski definition) is 5. The standard InChI is InChI=1S/C17H17N3O2S2/c21-15(18-7-6-13-4-2-1-3-5-13)12-23-11-14-10-16(22)20-8-9-24-17(20)19-14/h1-5,8-10H,6-7,11-12H2,(H,18,21). The van der Waals surface area contributed by atoms with E-state index in [1.165, 1.54) is 39.1 Å². The third kappa shape index (κ3) is 4.46. The minimum Gasteiger partial charge on any atom is -0.355 e. The molecule has 0 saturated heterocycles. The molecule has 24 heavy (non-hydrogen) atoms. The average molecular weight is 359 g/mol. The van der Waals surface area contributed by atoms with Gasteiger partial charge in [0, 0.05) is 29.9 Å². The number of carbonyl (C=O) groups excluding carboxylic acids is 1. The number of fused-ring (bicyclic) bond motifs is 1. The summed E-state index contributed by atoms with van der Waals surface area (Å²) in [6.45, 7) is 0.629. The van der Waals surface area contributed by atoms with E-state index in [1.807, 2.05) is 35.7 Å². The molecule has 0 spiro atoms. The fraction of sp³-hybridized carbons (Fsp3) is 0.235. The zero-order valence-electron chi connectivity index (χ0n) is 13.0. The van der Waals surface area contributed by atoms with Crippen molar-refractivity contribution in [2.75, 3.05) is 12.3 Å². The minimum atomic E-state index is -0.0795. The van der Waals surface area contributed by atoms with E-state index in [0.29, 0.717) is 28.7 Å². The Labute approximate surface area is 147 Å². The van der Waals surface area contributed by atoms with Crippen molar-refractivity contribution >= 4 is 34.0 Å². The van der Waals surface area contributed by atoms with Gasteiger partial charge < -0.3 is 5.32 Å². The summed E-state index contributed by atoms with van der Waals surface area (Å²) < 4.78 is 1.52. The van der Waals surface area contributed by atoms with Crippen molar-refractivity contribution in [1.29, 1.82) is 0 Å². The van der Waals surface area contributed by atoms with Crippen LogP contribution >= 0.6 is 23.1 Å². The van der Waals surface area contributed by atoms with Crippen LogP contribution in [0.25, 0.3) is 4.96 Å². The Kier molecular flexibility index (Phi) is 5.66. The molecule has 1 N–H and O–H groups in total. The predicted molar refractivity (Wildman–Crippen MR) is 98.7 cm³/mol. The Morgan fingerprint density at radius 2 is 2.12 bits per heavy atom. The maximum atomic E-state index is 11.9. The number of thiazole rings is 1. The topological polar surface area (TPSA) is 63.5 Å². The van der Waals surface area contributed by atoms with Crippen LogP contribution in [-0.4, -0.2) is 27.6 Å². The molecule has 0 bridgehead atoms. The summed E-state index contributed by atoms with van der Waals surface area (Å²) in [5, 5.41) is 4.74. The highest BCUT2D eigenvalue weighted by atomic mass is 32.2. The summed E-state index contributed by atoms with van der Waals surface area (Å²) in [6.07, 6.45) is 2.54. The van der Waals surface area contributed by atoms with Crippen LogP contribution in [0.4, 0.5) is 0 Å². The Morgan fingerprint density at radius 3 is 2.96 bits per heavy atom. The van der Waals surface area contributed by atoms with E-state index >= 15 is 0 Å². The van der Waals surface area contributed by atoms with Gasteiger partial charge in [0.25, 0.3) is 5.56 Å². The summed E-state index contributed by atoms with van der Waals surface area (Å²) in [7, 11) is 0. The molecule has 0 saturated carbocycles. The second-order valence-electron chi connectivity index (χ2n) is 5.22. The first-order valence-corrected chi connectivity index (χ1v) is 9.60. The molecular weight excluding hydrogens is 342 g/mol. The van der Waals surface area contributed by atoms with Crippen LogP contribution in [0, 0.1) is 0 Å². The Bertz CT molecular complexity index is 874. The molecule has 5 nitrogen and oxygen atoms in total. The number of rotatable bonds is 7. The normalized spacial score (nSPS) is 10.8. The van der Waals surface area contributed by atoms with Gasteiger partial charge in [-0.2, -0.15) is 0 Å². The molecule has 2 heterocycles. The van der Waals surface area contributed by atoms with Crippen molar-refractivity contribution in [1.82, 2.24) is 14.7 Å². The molecule has 7 heteroatoms. The van der Waals surface area contributed by atoms with Crippen molar-refractivity contribution in [3.63, 3.8) is 0 Å². The third-order valence-corrected chi connectivity index (χ3v) is 5.14. The first-order valence-electron chi connectivity index (χ1n) is 7.56. The summed E-state index contributed by atoms with van der Waals surface area (Å²) in [5.74, 6) is 0.917. The maximum Gasteiger partial charge on any atom is 0.258 e. The fourth-order valence-corrected chi connectivity index (χ4v) is 3.74. The highest BCUT2D eigenvalue weighted by Crippen LogP contribution is 2.12. The molecule has 1 amide bonds. The van der Waals surface area contributed by atoms with Gasteiger partial charge in [-0.05, 0) is 12.0 Å². The molecule has 0 fully saturated rings. The first-order chi connectivity index (χ1) is 11.7. The van der Waals surface area contributed by atoms with Gasteiger partial charge in [-0.1, -0.05) is 30.3 Å². The van der Waals surface area contributed by atoms with Gasteiger partial charge in [0.15, 0.2) is 4.96 Å². The summed E-state index contributed by atoms with van der Waals surface area (Å²) in [4.78, 5) is 28.8. The second-order valence-corrected chi connectivity index (χ2v) is 7.08. The first kappa shape index (κ1) is 16.7. The van der Waals surface area contributed by atoms with Gasteiger partial charge in [-0.15, -0.1) is 23.1 Å². The van der Waals surface area contributed by atoms with Crippen molar-refractivity contribution in [3.05, 3.63) is 69.6 Å². The van der Waals surface area contributed by atoms with Crippen molar-refractivity contribution in [2.45, 2.75) is 12.2 Å². The van der Waals surface area contributed by atoms with Gasteiger partial charge in [-0.25, -0.2) is 4.98 Å². The van der Waals surface area contributed by atoms with Gasteiger partial charge in [0.2, 0.25) is 5.91 Å². The van der Waals surface area contributed by atoms with Crippen LogP contribution in [0.2, 0.25) is 0 Å². The van der Waals surface area contributed by atoms with Gasteiger partial charge in [0.05, 0.1) is 11.4 Å². The number of aromatic nitrogens is 2. The number of thioether (sulfide) groups is 1. The zero-order valence-corrected chi connectivity index (χ0v) is 14.6. The highest BCUT2D eigenvalue weighted by molar-refractivity contribution is 7.99. The van der Waals surface area contributed by atoms with Crippen LogP contribution in [0.1, 0.15) is 11.3 Å². The van der Waals surface area contributed by atoms with Crippen molar-refractivity contribution in [2.24, 2.45) is 0 Å². The quantitative estimate of drug-likeness (QED) is 0.703. The van der Waals surface area contributed by atoms with Crippen LogP contribution in [-0.2, 0) is 17.0 Å². The number of benzene rings is 1. The smallest absolute Gasteiger partial charge is 0.258 e. The van der Waals surface area contributed by atoms with Crippen LogP contribution in [0.5, 0.6) is 0 Å². The Hall–Kier alpha value is -2.12. The molecule has 124 valence electrons. The molecular formula is C17H17N3O2S2. The number of hydrogen-bond donors (Lipinski definition) is 1. The van der Waals surface area contributed by atoms with E-state index in [1.54, 1.807) is 6.20 Å². The second kappa shape index (κ2) is 8.12. The number of nitrogens with zero attached hydrogens (tertiary/aromatic N) is 2. The Balaban J connectivity index is 1.42. The molecule has 0 aliphatic rings. The monoisotopic (exact) mass is 359 g/mol. The molecule has 2 aromatic heterocycles. The summed E-state index contributed by atoms with van der Waals surface area (Å²) in [5.41, 5.74) is 1.84. The van der Waals surface area contributed by atoms with E-state index in [2.05, 4.69) is 10.3 Å². The van der Waals surface area contributed by atoms with Crippen LogP contribution < -0.4 is 10.9 Å². The lowest BCUT2D eigenvalue weighted by molar-refractivity contribution is -0.118. The van der Waals surface area contributed by atoms with Crippen LogP contribution in [0.15, 0.2) is 52.8 Å². The molecule has 0 unspecified atom stereocenters. The lowest BCUT2D eigenvalue weighted by Gasteiger charge is -2.05. The molecule has 0 aliphatic heterocycles. The molecule has 1 aromatic carbocycles. The van der Waals surface area contributed by atoms with E-state index < -0.39 is 0 Å². The summed E-state index contributed by atoms with van der Waals surface area (Å²) in [6, 6.07) is 11.6. The molecule has 0 radical (unpaired) electrons. The molecule has 3 rings (SSSR count). The van der Waals surface area contributed by atoms with Gasteiger partial charge >= 0.3 is 0 Å². The van der Waals surface area contributed by atoms with E-state index in [9.17, 15) is 9.59 Å². The third-order valence-electron chi connectivity index (χ3n) is 3.42. The van der Waals surface area contributed by atoms with Gasteiger partial charge in [0.1, 0.15) is 0 Å². The lowest BCUT2D eigenvalue weighted by Crippen LogP contribution is -2.27. The largest absolute Gasteiger partial charge is 0.355 e. The van der Waals surface area contributed by atoms with Gasteiger partial charge in [-0.3, -0.25) is 14.0 Å². The average Bonchev–Trinajstić information content (AvgIpc) is 3.05. The summed E-state index contributed by atoms with van der Waals surface area (Å²) >= 11 is 2.89. The highest BCUT2D eigenvalue weighted by Gasteiger charge is 2.06. The van der Waals surface area contributed by atoms with E-state index in [0.717, 1.165) is 6.42 Å². The number of amides is 1. The number of nitrogens with one attached hydrogen (secondary N) is 1. The minimum absolute atomic E-state index is 0.00450. The van der Waals surface area contributed by atoms with Crippen LogP contribution in [0.3, 0.4) is 0 Å².